The van der Waals surface area contributed by atoms with Gasteiger partial charge < -0.3 is 5.32 Å². The minimum absolute atomic E-state index is 0.244. The van der Waals surface area contributed by atoms with Crippen molar-refractivity contribution in [2.45, 2.75) is 79.1 Å². The first-order valence-corrected chi connectivity index (χ1v) is 7.86. The lowest BCUT2D eigenvalue weighted by molar-refractivity contribution is -0.121. The molecule has 0 fully saturated rings. The van der Waals surface area contributed by atoms with Crippen LogP contribution in [0.5, 0.6) is 0 Å². The molecule has 0 radical (unpaired) electrons. The summed E-state index contributed by atoms with van der Waals surface area (Å²) in [5, 5.41) is 3.09. The Labute approximate surface area is 114 Å². The second kappa shape index (κ2) is 11.6. The van der Waals surface area contributed by atoms with Crippen LogP contribution in [0.15, 0.2) is 0 Å². The van der Waals surface area contributed by atoms with E-state index in [2.05, 4.69) is 33.0 Å². The van der Waals surface area contributed by atoms with Crippen molar-refractivity contribution in [2.24, 2.45) is 11.8 Å². The molecular formula is C16H33NO. The molecule has 0 aliphatic rings. The Bertz CT molecular complexity index is 201. The van der Waals surface area contributed by atoms with Crippen LogP contribution in [0, 0.1) is 11.8 Å². The van der Waals surface area contributed by atoms with E-state index in [-0.39, 0.29) is 5.91 Å². The van der Waals surface area contributed by atoms with Crippen LogP contribution in [0.25, 0.3) is 0 Å². The second-order valence-electron chi connectivity index (χ2n) is 5.86. The molecule has 0 heterocycles. The third kappa shape index (κ3) is 10.6. The van der Waals surface area contributed by atoms with Crippen LogP contribution in [0.2, 0.25) is 0 Å². The fraction of sp³-hybridized carbons (Fsp3) is 0.938. The largest absolute Gasteiger partial charge is 0.356 e. The molecule has 0 aromatic carbocycles. The maximum Gasteiger partial charge on any atom is 0.220 e. The zero-order valence-corrected chi connectivity index (χ0v) is 12.9. The van der Waals surface area contributed by atoms with Gasteiger partial charge in [-0.05, 0) is 24.7 Å². The highest BCUT2D eigenvalue weighted by Crippen LogP contribution is 2.12. The number of hydrogen-bond donors (Lipinski definition) is 1. The highest BCUT2D eigenvalue weighted by atomic mass is 16.1. The van der Waals surface area contributed by atoms with Gasteiger partial charge in [-0.2, -0.15) is 0 Å². The number of hydrogen-bond acceptors (Lipinski definition) is 1. The van der Waals surface area contributed by atoms with E-state index in [0.717, 1.165) is 18.9 Å². The summed E-state index contributed by atoms with van der Waals surface area (Å²) < 4.78 is 0. The topological polar surface area (TPSA) is 29.1 Å². The van der Waals surface area contributed by atoms with E-state index in [9.17, 15) is 4.79 Å². The third-order valence-corrected chi connectivity index (χ3v) is 3.57. The van der Waals surface area contributed by atoms with Gasteiger partial charge in [0.1, 0.15) is 0 Å². The van der Waals surface area contributed by atoms with Gasteiger partial charge in [0.05, 0.1) is 0 Å². The number of nitrogens with one attached hydrogen (secondary N) is 1. The molecule has 0 aliphatic heterocycles. The molecule has 0 bridgehead atoms. The summed E-state index contributed by atoms with van der Waals surface area (Å²) in [7, 11) is 0. The maximum absolute atomic E-state index is 11.7. The monoisotopic (exact) mass is 255 g/mol. The Morgan fingerprint density at radius 2 is 1.78 bits per heavy atom. The summed E-state index contributed by atoms with van der Waals surface area (Å²) in [6, 6.07) is 0. The van der Waals surface area contributed by atoms with Crippen molar-refractivity contribution in [1.82, 2.24) is 5.32 Å². The van der Waals surface area contributed by atoms with E-state index >= 15 is 0 Å². The van der Waals surface area contributed by atoms with Crippen molar-refractivity contribution < 1.29 is 4.79 Å². The first kappa shape index (κ1) is 17.5. The molecule has 2 nitrogen and oxygen atoms in total. The zero-order chi connectivity index (χ0) is 13.8. The molecule has 0 spiro atoms. The van der Waals surface area contributed by atoms with Gasteiger partial charge in [-0.15, -0.1) is 0 Å². The van der Waals surface area contributed by atoms with Crippen LogP contribution in [-0.4, -0.2) is 12.5 Å². The molecule has 1 atom stereocenters. The molecule has 1 unspecified atom stereocenters. The molecule has 0 aromatic rings. The normalized spacial score (nSPS) is 12.7. The van der Waals surface area contributed by atoms with Gasteiger partial charge in [0.2, 0.25) is 5.91 Å². The smallest absolute Gasteiger partial charge is 0.220 e. The maximum atomic E-state index is 11.7. The molecule has 1 N–H and O–H groups in total. The summed E-state index contributed by atoms with van der Waals surface area (Å²) in [5.74, 6) is 1.67. The Balaban J connectivity index is 3.55. The Hall–Kier alpha value is -0.530. The lowest BCUT2D eigenvalue weighted by atomic mass is 9.99. The van der Waals surface area contributed by atoms with E-state index in [1.807, 2.05) is 0 Å². The highest BCUT2D eigenvalue weighted by Gasteiger charge is 2.08. The average Bonchev–Trinajstić information content (AvgIpc) is 2.34. The molecule has 0 saturated carbocycles. The van der Waals surface area contributed by atoms with Crippen LogP contribution in [-0.2, 0) is 4.79 Å². The molecule has 1 amide bonds. The molecule has 0 rings (SSSR count). The molecule has 0 aliphatic carbocycles. The van der Waals surface area contributed by atoms with Crippen LogP contribution in [0.3, 0.4) is 0 Å². The number of unbranched alkanes of at least 4 members (excludes halogenated alkanes) is 2. The molecular weight excluding hydrogens is 222 g/mol. The van der Waals surface area contributed by atoms with Crippen LogP contribution in [0.4, 0.5) is 0 Å². The molecule has 108 valence electrons. The van der Waals surface area contributed by atoms with Crippen LogP contribution >= 0.6 is 0 Å². The standard InChI is InChI=1S/C16H33NO/c1-5-7-11-15(6-2)13-17-16(18)12-9-8-10-14(3)4/h14-15H,5-13H2,1-4H3,(H,17,18). The molecule has 18 heavy (non-hydrogen) atoms. The first-order chi connectivity index (χ1) is 8.60. The van der Waals surface area contributed by atoms with Gasteiger partial charge in [-0.25, -0.2) is 0 Å². The highest BCUT2D eigenvalue weighted by molar-refractivity contribution is 5.75. The van der Waals surface area contributed by atoms with E-state index in [0.29, 0.717) is 12.3 Å². The Morgan fingerprint density at radius 3 is 2.33 bits per heavy atom. The van der Waals surface area contributed by atoms with Crippen molar-refractivity contribution >= 4 is 5.91 Å². The van der Waals surface area contributed by atoms with Gasteiger partial charge in [0.25, 0.3) is 0 Å². The first-order valence-electron chi connectivity index (χ1n) is 7.86. The number of carbonyl (C=O) groups excluding carboxylic acids is 1. The summed E-state index contributed by atoms with van der Waals surface area (Å²) >= 11 is 0. The molecule has 0 saturated heterocycles. The van der Waals surface area contributed by atoms with E-state index < -0.39 is 0 Å². The molecule has 2 heteroatoms. The van der Waals surface area contributed by atoms with Crippen LogP contribution < -0.4 is 5.32 Å². The number of carbonyl (C=O) groups is 1. The van der Waals surface area contributed by atoms with E-state index in [1.54, 1.807) is 0 Å². The van der Waals surface area contributed by atoms with Gasteiger partial charge in [0.15, 0.2) is 0 Å². The quantitative estimate of drug-likeness (QED) is 0.540. The predicted molar refractivity (Wildman–Crippen MR) is 79.6 cm³/mol. The van der Waals surface area contributed by atoms with Gasteiger partial charge in [-0.1, -0.05) is 59.8 Å². The number of rotatable bonds is 11. The Kier molecular flexibility index (Phi) is 11.2. The van der Waals surface area contributed by atoms with Crippen molar-refractivity contribution in [3.63, 3.8) is 0 Å². The summed E-state index contributed by atoms with van der Waals surface area (Å²) in [6.07, 6.45) is 9.11. The van der Waals surface area contributed by atoms with Gasteiger partial charge in [-0.3, -0.25) is 4.79 Å². The lowest BCUT2D eigenvalue weighted by Crippen LogP contribution is -2.28. The molecule has 0 aromatic heterocycles. The number of amides is 1. The van der Waals surface area contributed by atoms with Crippen molar-refractivity contribution in [3.8, 4) is 0 Å². The van der Waals surface area contributed by atoms with Crippen molar-refractivity contribution in [2.75, 3.05) is 6.54 Å². The zero-order valence-electron chi connectivity index (χ0n) is 12.9. The lowest BCUT2D eigenvalue weighted by Gasteiger charge is -2.15. The van der Waals surface area contributed by atoms with E-state index in [4.69, 9.17) is 0 Å². The SMILES string of the molecule is CCCCC(CC)CNC(=O)CCCCC(C)C. The minimum Gasteiger partial charge on any atom is -0.356 e. The third-order valence-electron chi connectivity index (χ3n) is 3.57. The van der Waals surface area contributed by atoms with Crippen molar-refractivity contribution in [1.29, 1.82) is 0 Å². The van der Waals surface area contributed by atoms with Crippen LogP contribution in [0.1, 0.15) is 79.1 Å². The summed E-state index contributed by atoms with van der Waals surface area (Å²) in [4.78, 5) is 11.7. The van der Waals surface area contributed by atoms with Crippen molar-refractivity contribution in [3.05, 3.63) is 0 Å². The fourth-order valence-electron chi connectivity index (χ4n) is 2.13. The van der Waals surface area contributed by atoms with E-state index in [1.165, 1.54) is 38.5 Å². The van der Waals surface area contributed by atoms with Gasteiger partial charge >= 0.3 is 0 Å². The fourth-order valence-corrected chi connectivity index (χ4v) is 2.13. The van der Waals surface area contributed by atoms with Gasteiger partial charge in [0, 0.05) is 13.0 Å². The summed E-state index contributed by atoms with van der Waals surface area (Å²) in [5.41, 5.74) is 0. The average molecular weight is 255 g/mol. The summed E-state index contributed by atoms with van der Waals surface area (Å²) in [6.45, 7) is 9.79. The predicted octanol–water partition coefficient (Wildman–Crippen LogP) is 4.54. The minimum atomic E-state index is 0.244. The Morgan fingerprint density at radius 1 is 1.06 bits per heavy atom. The second-order valence-corrected chi connectivity index (χ2v) is 5.86.